The Balaban J connectivity index is 2.63. The summed E-state index contributed by atoms with van der Waals surface area (Å²) >= 11 is 0. The fourth-order valence-corrected chi connectivity index (χ4v) is 3.51. The highest BCUT2D eigenvalue weighted by molar-refractivity contribution is 7.92. The molecule has 1 rings (SSSR count). The zero-order chi connectivity index (χ0) is 11.5. The molecule has 0 spiro atoms. The summed E-state index contributed by atoms with van der Waals surface area (Å²) in [7, 11) is -2.97. The van der Waals surface area contributed by atoms with Crippen LogP contribution in [0, 0.1) is 5.92 Å². The Morgan fingerprint density at radius 3 is 2.27 bits per heavy atom. The lowest BCUT2D eigenvalue weighted by Gasteiger charge is -2.28. The van der Waals surface area contributed by atoms with Crippen LogP contribution in [0.3, 0.4) is 0 Å². The summed E-state index contributed by atoms with van der Waals surface area (Å²) in [6.07, 6.45) is 2.45. The van der Waals surface area contributed by atoms with Crippen LogP contribution in [-0.4, -0.2) is 32.1 Å². The summed E-state index contributed by atoms with van der Waals surface area (Å²) in [5.41, 5.74) is 0. The molecule has 1 heterocycles. The summed E-state index contributed by atoms with van der Waals surface area (Å²) in [5, 5.41) is 0. The van der Waals surface area contributed by atoms with Gasteiger partial charge in [0.25, 0.3) is 0 Å². The van der Waals surface area contributed by atoms with E-state index in [-0.39, 0.29) is 0 Å². The molecule has 90 valence electrons. The van der Waals surface area contributed by atoms with Crippen LogP contribution < -0.4 is 0 Å². The van der Waals surface area contributed by atoms with Crippen molar-refractivity contribution in [2.75, 3.05) is 19.0 Å². The molecule has 0 N–H and O–H groups in total. The molecule has 3 nitrogen and oxygen atoms in total. The van der Waals surface area contributed by atoms with Gasteiger partial charge in [0, 0.05) is 13.2 Å². The third-order valence-electron chi connectivity index (χ3n) is 3.49. The van der Waals surface area contributed by atoms with Crippen molar-refractivity contribution in [3.8, 4) is 0 Å². The molecule has 15 heavy (non-hydrogen) atoms. The molecule has 0 aromatic carbocycles. The van der Waals surface area contributed by atoms with Gasteiger partial charge in [-0.1, -0.05) is 6.92 Å². The molecule has 0 unspecified atom stereocenters. The minimum absolute atomic E-state index is 0.301. The van der Waals surface area contributed by atoms with E-state index in [1.807, 2.05) is 20.8 Å². The molecule has 0 saturated carbocycles. The maximum absolute atomic E-state index is 12.1. The van der Waals surface area contributed by atoms with Crippen LogP contribution in [0.15, 0.2) is 0 Å². The largest absolute Gasteiger partial charge is 0.381 e. The summed E-state index contributed by atoms with van der Waals surface area (Å²) in [6.45, 7) is 7.00. The van der Waals surface area contributed by atoms with Crippen molar-refractivity contribution >= 4 is 9.84 Å². The maximum Gasteiger partial charge on any atom is 0.155 e. The smallest absolute Gasteiger partial charge is 0.155 e. The first kappa shape index (κ1) is 13.0. The van der Waals surface area contributed by atoms with Gasteiger partial charge in [0.1, 0.15) is 0 Å². The average molecular weight is 234 g/mol. The minimum Gasteiger partial charge on any atom is -0.381 e. The lowest BCUT2D eigenvalue weighted by atomic mass is 10.0. The van der Waals surface area contributed by atoms with Crippen LogP contribution >= 0.6 is 0 Å². The number of rotatable bonds is 4. The molecule has 1 saturated heterocycles. The van der Waals surface area contributed by atoms with E-state index in [1.165, 1.54) is 0 Å². The maximum atomic E-state index is 12.1. The van der Waals surface area contributed by atoms with Gasteiger partial charge in [0.15, 0.2) is 9.84 Å². The van der Waals surface area contributed by atoms with Gasteiger partial charge in [-0.25, -0.2) is 8.42 Å². The number of sulfone groups is 1. The molecule has 1 aliphatic heterocycles. The van der Waals surface area contributed by atoms with Crippen molar-refractivity contribution in [2.24, 2.45) is 5.92 Å². The normalized spacial score (nSPS) is 20.5. The second kappa shape index (κ2) is 4.83. The number of ether oxygens (including phenoxy) is 1. The van der Waals surface area contributed by atoms with Gasteiger partial charge in [-0.3, -0.25) is 0 Å². The van der Waals surface area contributed by atoms with Crippen molar-refractivity contribution in [2.45, 2.75) is 44.8 Å². The lowest BCUT2D eigenvalue weighted by molar-refractivity contribution is 0.0722. The average Bonchev–Trinajstić information content (AvgIpc) is 2.18. The second-order valence-electron chi connectivity index (χ2n) is 4.95. The molecule has 0 aromatic rings. The van der Waals surface area contributed by atoms with E-state index in [2.05, 4.69) is 0 Å². The fraction of sp³-hybridized carbons (Fsp3) is 1.00. The predicted octanol–water partition coefficient (Wildman–Crippen LogP) is 2.02. The third kappa shape index (κ3) is 3.18. The van der Waals surface area contributed by atoms with Crippen molar-refractivity contribution in [3.05, 3.63) is 0 Å². The van der Waals surface area contributed by atoms with E-state index in [0.717, 1.165) is 12.8 Å². The van der Waals surface area contributed by atoms with Crippen LogP contribution in [0.2, 0.25) is 0 Å². The van der Waals surface area contributed by atoms with Gasteiger partial charge < -0.3 is 4.74 Å². The number of hydrogen-bond acceptors (Lipinski definition) is 3. The molecule has 0 bridgehead atoms. The van der Waals surface area contributed by atoms with E-state index >= 15 is 0 Å². The highest BCUT2D eigenvalue weighted by Gasteiger charge is 2.34. The molecule has 0 aromatic heterocycles. The Morgan fingerprint density at radius 1 is 1.27 bits per heavy atom. The third-order valence-corrected chi connectivity index (χ3v) is 6.37. The van der Waals surface area contributed by atoms with E-state index in [1.54, 1.807) is 0 Å². The first-order chi connectivity index (χ1) is 6.89. The summed E-state index contributed by atoms with van der Waals surface area (Å²) in [6, 6.07) is 0. The van der Waals surface area contributed by atoms with Crippen molar-refractivity contribution in [3.63, 3.8) is 0 Å². The number of hydrogen-bond donors (Lipinski definition) is 0. The van der Waals surface area contributed by atoms with Crippen LogP contribution in [0.4, 0.5) is 0 Å². The Hall–Kier alpha value is -0.0900. The first-order valence-corrected chi connectivity index (χ1v) is 7.34. The summed E-state index contributed by atoms with van der Waals surface area (Å²) < 4.78 is 28.9. The molecule has 4 heteroatoms. The summed E-state index contributed by atoms with van der Waals surface area (Å²) in [5.74, 6) is 0.631. The molecular formula is C11H22O3S. The molecule has 1 aliphatic rings. The monoisotopic (exact) mass is 234 g/mol. The van der Waals surface area contributed by atoms with Gasteiger partial charge in [-0.05, 0) is 39.0 Å². The van der Waals surface area contributed by atoms with Crippen molar-refractivity contribution < 1.29 is 13.2 Å². The van der Waals surface area contributed by atoms with Crippen LogP contribution in [0.25, 0.3) is 0 Å². The minimum atomic E-state index is -2.97. The quantitative estimate of drug-likeness (QED) is 0.747. The zero-order valence-corrected chi connectivity index (χ0v) is 10.8. The molecule has 0 radical (unpaired) electrons. The van der Waals surface area contributed by atoms with Gasteiger partial charge in [-0.15, -0.1) is 0 Å². The SMILES string of the molecule is CCC(C)(C)S(=O)(=O)CC1CCOCC1. The highest BCUT2D eigenvalue weighted by atomic mass is 32.2. The predicted molar refractivity (Wildman–Crippen MR) is 61.7 cm³/mol. The zero-order valence-electron chi connectivity index (χ0n) is 9.95. The van der Waals surface area contributed by atoms with E-state index < -0.39 is 14.6 Å². The highest BCUT2D eigenvalue weighted by Crippen LogP contribution is 2.26. The first-order valence-electron chi connectivity index (χ1n) is 5.69. The molecule has 0 amide bonds. The Morgan fingerprint density at radius 2 is 1.80 bits per heavy atom. The van der Waals surface area contributed by atoms with E-state index in [0.29, 0.717) is 31.3 Å². The lowest BCUT2D eigenvalue weighted by Crippen LogP contribution is -2.36. The summed E-state index contributed by atoms with van der Waals surface area (Å²) in [4.78, 5) is 0. The topological polar surface area (TPSA) is 43.4 Å². The molecular weight excluding hydrogens is 212 g/mol. The van der Waals surface area contributed by atoms with Crippen LogP contribution in [0.5, 0.6) is 0 Å². The fourth-order valence-electron chi connectivity index (χ4n) is 1.67. The van der Waals surface area contributed by atoms with Gasteiger partial charge >= 0.3 is 0 Å². The molecule has 0 atom stereocenters. The Kier molecular flexibility index (Phi) is 4.18. The van der Waals surface area contributed by atoms with Gasteiger partial charge in [0.2, 0.25) is 0 Å². The van der Waals surface area contributed by atoms with Crippen LogP contribution in [0.1, 0.15) is 40.0 Å². The van der Waals surface area contributed by atoms with Gasteiger partial charge in [-0.2, -0.15) is 0 Å². The Bertz CT molecular complexity index is 287. The molecule has 1 fully saturated rings. The van der Waals surface area contributed by atoms with Crippen LogP contribution in [-0.2, 0) is 14.6 Å². The van der Waals surface area contributed by atoms with Crippen molar-refractivity contribution in [1.82, 2.24) is 0 Å². The Labute approximate surface area is 93.1 Å². The van der Waals surface area contributed by atoms with E-state index in [4.69, 9.17) is 4.74 Å². The standard InChI is InChI=1S/C11H22O3S/c1-4-11(2,3)15(12,13)9-10-5-7-14-8-6-10/h10H,4-9H2,1-3H3. The van der Waals surface area contributed by atoms with Gasteiger partial charge in [0.05, 0.1) is 10.5 Å². The van der Waals surface area contributed by atoms with Crippen molar-refractivity contribution in [1.29, 1.82) is 0 Å². The van der Waals surface area contributed by atoms with E-state index in [9.17, 15) is 8.42 Å². The second-order valence-corrected chi connectivity index (χ2v) is 7.62. The molecule has 0 aliphatic carbocycles.